The fourth-order valence-corrected chi connectivity index (χ4v) is 7.10. The fourth-order valence-electron chi connectivity index (χ4n) is 6.87. The second-order valence-electron chi connectivity index (χ2n) is 12.9. The standard InChI is InChI=1S/C34H41ClN6O/c1-33(2,27-18-28(35)20-30(19-27)36-3)26-4-6-31(7-5-26)42-22-29-10-15-38-32(39-29)41-16-11-34(12-17-41)23-40(24-34)21-25-8-13-37-14-9-25/h4-7,10,15,18-20,25,37H,8-9,11-14,16-17,21-24H2,1-2H3. The molecule has 1 aromatic heterocycles. The Balaban J connectivity index is 1.01. The molecular weight excluding hydrogens is 544 g/mol. The predicted octanol–water partition coefficient (Wildman–Crippen LogP) is 6.49. The van der Waals surface area contributed by atoms with E-state index in [0.29, 0.717) is 22.7 Å². The monoisotopic (exact) mass is 584 g/mol. The van der Waals surface area contributed by atoms with Gasteiger partial charge < -0.3 is 19.9 Å². The quantitative estimate of drug-likeness (QED) is 0.306. The number of anilines is 1. The Morgan fingerprint density at radius 2 is 1.79 bits per heavy atom. The van der Waals surface area contributed by atoms with Gasteiger partial charge in [-0.25, -0.2) is 14.8 Å². The Bertz CT molecular complexity index is 1410. The summed E-state index contributed by atoms with van der Waals surface area (Å²) in [5.41, 5.74) is 3.77. The molecule has 0 saturated carbocycles. The SMILES string of the molecule is [C-]#[N+]c1cc(Cl)cc(C(C)(C)c2ccc(OCc3ccnc(N4CCC5(CC4)CN(CC4CCNCC4)C5)n3)cc2)c1. The van der Waals surface area contributed by atoms with Gasteiger partial charge in [-0.15, -0.1) is 0 Å². The van der Waals surface area contributed by atoms with Crippen LogP contribution in [0.3, 0.4) is 0 Å². The van der Waals surface area contributed by atoms with Crippen LogP contribution in [-0.4, -0.2) is 60.7 Å². The van der Waals surface area contributed by atoms with Crippen LogP contribution in [0.15, 0.2) is 54.7 Å². The van der Waals surface area contributed by atoms with Gasteiger partial charge in [0.25, 0.3) is 0 Å². The summed E-state index contributed by atoms with van der Waals surface area (Å²) in [6.07, 6.45) is 6.94. The maximum atomic E-state index is 7.37. The van der Waals surface area contributed by atoms with Gasteiger partial charge in [0.15, 0.2) is 5.69 Å². The molecule has 0 amide bonds. The lowest BCUT2D eigenvalue weighted by atomic mass is 9.71. The van der Waals surface area contributed by atoms with Crippen LogP contribution in [0.4, 0.5) is 11.6 Å². The van der Waals surface area contributed by atoms with Crippen molar-refractivity contribution in [1.82, 2.24) is 20.2 Å². The minimum atomic E-state index is -0.303. The Labute approximate surface area is 255 Å². The molecule has 2 aromatic carbocycles. The molecule has 7 nitrogen and oxygen atoms in total. The molecule has 1 spiro atoms. The topological polar surface area (TPSA) is 57.9 Å². The number of hydrogen-bond acceptors (Lipinski definition) is 6. The van der Waals surface area contributed by atoms with Gasteiger partial charge in [-0.3, -0.25) is 0 Å². The molecular formula is C34H41ClN6O. The van der Waals surface area contributed by atoms with Crippen molar-refractivity contribution in [3.63, 3.8) is 0 Å². The van der Waals surface area contributed by atoms with Crippen LogP contribution in [0, 0.1) is 17.9 Å². The smallest absolute Gasteiger partial charge is 0.225 e. The largest absolute Gasteiger partial charge is 0.487 e. The van der Waals surface area contributed by atoms with Gasteiger partial charge in [0.05, 0.1) is 12.3 Å². The van der Waals surface area contributed by atoms with Crippen molar-refractivity contribution < 1.29 is 4.74 Å². The third-order valence-electron chi connectivity index (χ3n) is 9.60. The van der Waals surface area contributed by atoms with E-state index in [1.54, 1.807) is 6.07 Å². The average molecular weight is 585 g/mol. The average Bonchev–Trinajstić information content (AvgIpc) is 3.00. The number of nitrogens with one attached hydrogen (secondary N) is 1. The second-order valence-corrected chi connectivity index (χ2v) is 13.4. The molecule has 6 rings (SSSR count). The van der Waals surface area contributed by atoms with Gasteiger partial charge in [-0.1, -0.05) is 43.6 Å². The van der Waals surface area contributed by atoms with E-state index in [0.717, 1.165) is 47.5 Å². The maximum Gasteiger partial charge on any atom is 0.225 e. The summed E-state index contributed by atoms with van der Waals surface area (Å²) < 4.78 is 6.12. The Morgan fingerprint density at radius 1 is 1.05 bits per heavy atom. The minimum Gasteiger partial charge on any atom is -0.487 e. The molecule has 0 bridgehead atoms. The van der Waals surface area contributed by atoms with Crippen LogP contribution in [0.25, 0.3) is 4.85 Å². The molecule has 4 heterocycles. The van der Waals surface area contributed by atoms with Gasteiger partial charge in [0.1, 0.15) is 12.4 Å². The lowest BCUT2D eigenvalue weighted by molar-refractivity contribution is -0.0298. The Kier molecular flexibility index (Phi) is 8.40. The molecule has 220 valence electrons. The van der Waals surface area contributed by atoms with Crippen molar-refractivity contribution in [2.75, 3.05) is 50.7 Å². The lowest BCUT2D eigenvalue weighted by Crippen LogP contribution is -2.61. The van der Waals surface area contributed by atoms with E-state index < -0.39 is 0 Å². The van der Waals surface area contributed by atoms with Crippen LogP contribution >= 0.6 is 11.6 Å². The molecule has 0 atom stereocenters. The van der Waals surface area contributed by atoms with Crippen LogP contribution in [0.2, 0.25) is 5.02 Å². The number of likely N-dealkylation sites (tertiary alicyclic amines) is 1. The van der Waals surface area contributed by atoms with Crippen molar-refractivity contribution in [3.8, 4) is 5.75 Å². The third-order valence-corrected chi connectivity index (χ3v) is 9.81. The van der Waals surface area contributed by atoms with Crippen molar-refractivity contribution >= 4 is 23.2 Å². The number of rotatable bonds is 8. The molecule has 0 unspecified atom stereocenters. The highest BCUT2D eigenvalue weighted by Gasteiger charge is 2.45. The molecule has 3 aromatic rings. The highest BCUT2D eigenvalue weighted by Crippen LogP contribution is 2.41. The van der Waals surface area contributed by atoms with Gasteiger partial charge in [-0.05, 0) is 91.6 Å². The fraction of sp³-hybridized carbons (Fsp3) is 0.500. The molecule has 3 fully saturated rings. The highest BCUT2D eigenvalue weighted by atomic mass is 35.5. The number of halogens is 1. The van der Waals surface area contributed by atoms with E-state index in [1.165, 1.54) is 58.4 Å². The van der Waals surface area contributed by atoms with Crippen LogP contribution < -0.4 is 15.0 Å². The first kappa shape index (κ1) is 28.9. The van der Waals surface area contributed by atoms with E-state index in [4.69, 9.17) is 27.9 Å². The molecule has 8 heteroatoms. The maximum absolute atomic E-state index is 7.37. The third kappa shape index (κ3) is 6.41. The zero-order chi connectivity index (χ0) is 29.2. The summed E-state index contributed by atoms with van der Waals surface area (Å²) in [7, 11) is 0. The van der Waals surface area contributed by atoms with E-state index >= 15 is 0 Å². The van der Waals surface area contributed by atoms with E-state index in [9.17, 15) is 0 Å². The summed E-state index contributed by atoms with van der Waals surface area (Å²) >= 11 is 6.28. The number of aromatic nitrogens is 2. The summed E-state index contributed by atoms with van der Waals surface area (Å²) in [5, 5.41) is 4.06. The summed E-state index contributed by atoms with van der Waals surface area (Å²) in [6.45, 7) is 20.3. The molecule has 42 heavy (non-hydrogen) atoms. The zero-order valence-corrected chi connectivity index (χ0v) is 25.5. The highest BCUT2D eigenvalue weighted by molar-refractivity contribution is 6.31. The number of hydrogen-bond donors (Lipinski definition) is 1. The van der Waals surface area contributed by atoms with Gasteiger partial charge >= 0.3 is 0 Å². The van der Waals surface area contributed by atoms with Gasteiger partial charge in [-0.2, -0.15) is 0 Å². The summed E-state index contributed by atoms with van der Waals surface area (Å²) in [6, 6.07) is 15.6. The molecule has 0 aliphatic carbocycles. The normalized spacial score (nSPS) is 19.3. The van der Waals surface area contributed by atoms with Crippen molar-refractivity contribution in [3.05, 3.63) is 88.0 Å². The van der Waals surface area contributed by atoms with Crippen LogP contribution in [0.5, 0.6) is 5.75 Å². The molecule has 3 aliphatic heterocycles. The first-order valence-electron chi connectivity index (χ1n) is 15.2. The second kappa shape index (κ2) is 12.2. The summed E-state index contributed by atoms with van der Waals surface area (Å²) in [4.78, 5) is 18.1. The number of ether oxygens (including phenoxy) is 1. The van der Waals surface area contributed by atoms with Crippen molar-refractivity contribution in [2.24, 2.45) is 11.3 Å². The lowest BCUT2D eigenvalue weighted by Gasteiger charge is -2.55. The van der Waals surface area contributed by atoms with Crippen LogP contribution in [0.1, 0.15) is 56.4 Å². The molecule has 3 aliphatic rings. The van der Waals surface area contributed by atoms with Gasteiger partial charge in [0.2, 0.25) is 5.95 Å². The molecule has 1 N–H and O–H groups in total. The Morgan fingerprint density at radius 3 is 2.50 bits per heavy atom. The van der Waals surface area contributed by atoms with Gasteiger partial charge in [0, 0.05) is 49.4 Å². The zero-order valence-electron chi connectivity index (χ0n) is 24.8. The van der Waals surface area contributed by atoms with Crippen molar-refractivity contribution in [2.45, 2.75) is 51.6 Å². The predicted molar refractivity (Wildman–Crippen MR) is 169 cm³/mol. The van der Waals surface area contributed by atoms with Crippen LogP contribution in [-0.2, 0) is 12.0 Å². The summed E-state index contributed by atoms with van der Waals surface area (Å²) in [5.74, 6) is 2.48. The van der Waals surface area contributed by atoms with E-state index in [2.05, 4.69) is 50.9 Å². The number of benzene rings is 2. The molecule has 0 radical (unpaired) electrons. The van der Waals surface area contributed by atoms with E-state index in [-0.39, 0.29) is 5.41 Å². The first-order chi connectivity index (χ1) is 20.3. The first-order valence-corrected chi connectivity index (χ1v) is 15.6. The van der Waals surface area contributed by atoms with Crippen molar-refractivity contribution in [1.29, 1.82) is 0 Å². The minimum absolute atomic E-state index is 0.303. The molecule has 3 saturated heterocycles. The Hall–Kier alpha value is -3.18. The number of nitrogens with zero attached hydrogens (tertiary/aromatic N) is 5. The van der Waals surface area contributed by atoms with E-state index in [1.807, 2.05) is 36.5 Å². The number of piperidine rings is 2.